The lowest BCUT2D eigenvalue weighted by Crippen LogP contribution is -2.37. The fourth-order valence-corrected chi connectivity index (χ4v) is 9.32. The molecule has 0 aliphatic rings. The number of ether oxygens (including phenoxy) is 2. The zero-order valence-electron chi connectivity index (χ0n) is 52.0. The van der Waals surface area contributed by atoms with Gasteiger partial charge in [0.05, 0.1) is 27.7 Å². The summed E-state index contributed by atoms with van der Waals surface area (Å²) < 4.78 is 34.3. The molecular weight excluding hydrogens is 1010 g/mol. The number of hydrogen-bond acceptors (Lipinski definition) is 8. The number of rotatable bonds is 58. The van der Waals surface area contributed by atoms with Crippen molar-refractivity contribution in [3.63, 3.8) is 0 Å². The smallest absolute Gasteiger partial charge is 0.306 e. The Morgan fingerprint density at radius 1 is 0.388 bits per heavy atom. The third-order valence-electron chi connectivity index (χ3n) is 13.5. The Kier molecular flexibility index (Phi) is 57.3. The maximum atomic E-state index is 12.8. The van der Waals surface area contributed by atoms with Gasteiger partial charge in [0, 0.05) is 12.8 Å². The summed E-state index contributed by atoms with van der Waals surface area (Å²) in [6, 6.07) is 0. The highest BCUT2D eigenvalue weighted by Crippen LogP contribution is 2.38. The van der Waals surface area contributed by atoms with Gasteiger partial charge in [0.2, 0.25) is 0 Å². The first-order chi connectivity index (χ1) is 39.0. The zero-order valence-corrected chi connectivity index (χ0v) is 52.9. The van der Waals surface area contributed by atoms with Crippen molar-refractivity contribution >= 4 is 19.8 Å². The van der Waals surface area contributed by atoms with Crippen LogP contribution in [-0.4, -0.2) is 70.0 Å². The van der Waals surface area contributed by atoms with Crippen LogP contribution >= 0.6 is 7.82 Å². The number of hydrogen-bond donors (Lipinski definition) is 0. The Morgan fingerprint density at radius 2 is 0.675 bits per heavy atom. The molecule has 0 aliphatic heterocycles. The molecule has 0 amide bonds. The Bertz CT molecular complexity index is 1760. The second-order valence-electron chi connectivity index (χ2n) is 22.4. The number of phosphoric acid groups is 1. The number of allylic oxidation sites excluding steroid dienone is 20. The number of carbonyl (C=O) groups is 2. The van der Waals surface area contributed by atoms with Crippen molar-refractivity contribution in [3.05, 3.63) is 122 Å². The molecule has 0 aliphatic carbocycles. The molecule has 2 unspecified atom stereocenters. The topological polar surface area (TPSA) is 111 Å². The molecule has 2 atom stereocenters. The lowest BCUT2D eigenvalue weighted by Gasteiger charge is -2.28. The van der Waals surface area contributed by atoms with E-state index in [1.807, 2.05) is 21.1 Å². The summed E-state index contributed by atoms with van der Waals surface area (Å²) >= 11 is 0. The molecule has 0 heterocycles. The number of esters is 2. The normalized spacial score (nSPS) is 14.0. The van der Waals surface area contributed by atoms with E-state index >= 15 is 0 Å². The highest BCUT2D eigenvalue weighted by atomic mass is 31.2. The number of quaternary nitrogens is 1. The number of nitrogens with zero attached hydrogens (tertiary/aromatic N) is 1. The Hall–Kier alpha value is -3.59. The largest absolute Gasteiger partial charge is 0.756 e. The van der Waals surface area contributed by atoms with Gasteiger partial charge < -0.3 is 27.9 Å². The van der Waals surface area contributed by atoms with Gasteiger partial charge in [0.1, 0.15) is 19.8 Å². The molecule has 0 spiro atoms. The molecule has 0 aromatic heterocycles. The van der Waals surface area contributed by atoms with Crippen LogP contribution in [-0.2, 0) is 32.7 Å². The minimum atomic E-state index is -4.65. The number of phosphoric ester groups is 1. The van der Waals surface area contributed by atoms with Crippen molar-refractivity contribution in [2.75, 3.05) is 47.5 Å². The summed E-state index contributed by atoms with van der Waals surface area (Å²) in [5, 5.41) is 0. The van der Waals surface area contributed by atoms with Crippen LogP contribution in [0.1, 0.15) is 258 Å². The molecule has 0 aromatic rings. The Morgan fingerprint density at radius 3 is 1.00 bits per heavy atom. The van der Waals surface area contributed by atoms with Gasteiger partial charge in [-0.2, -0.15) is 0 Å². The van der Waals surface area contributed by atoms with E-state index in [1.54, 1.807) is 0 Å². The molecule has 0 saturated heterocycles. The Labute approximate surface area is 492 Å². The fourth-order valence-electron chi connectivity index (χ4n) is 8.59. The van der Waals surface area contributed by atoms with Crippen molar-refractivity contribution in [2.24, 2.45) is 0 Å². The fraction of sp³-hybridized carbons (Fsp3) is 0.686. The summed E-state index contributed by atoms with van der Waals surface area (Å²) in [6.45, 7) is 4.02. The van der Waals surface area contributed by atoms with E-state index in [2.05, 4.69) is 135 Å². The maximum Gasteiger partial charge on any atom is 0.306 e. The third kappa shape index (κ3) is 63.6. The summed E-state index contributed by atoms with van der Waals surface area (Å²) in [6.07, 6.45) is 85.4. The minimum absolute atomic E-state index is 0.0365. The minimum Gasteiger partial charge on any atom is -0.756 e. The molecule has 0 saturated carbocycles. The summed E-state index contributed by atoms with van der Waals surface area (Å²) in [5.41, 5.74) is 0. The van der Waals surface area contributed by atoms with Crippen molar-refractivity contribution in [1.29, 1.82) is 0 Å². The van der Waals surface area contributed by atoms with E-state index in [4.69, 9.17) is 18.5 Å². The molecule has 10 heteroatoms. The molecule has 80 heavy (non-hydrogen) atoms. The zero-order chi connectivity index (χ0) is 58.4. The van der Waals surface area contributed by atoms with Gasteiger partial charge in [-0.1, -0.05) is 264 Å². The number of carbonyl (C=O) groups excluding carboxylic acids is 2. The van der Waals surface area contributed by atoms with Crippen LogP contribution in [0.4, 0.5) is 0 Å². The highest BCUT2D eigenvalue weighted by molar-refractivity contribution is 7.45. The van der Waals surface area contributed by atoms with Crippen LogP contribution in [0.3, 0.4) is 0 Å². The lowest BCUT2D eigenvalue weighted by atomic mass is 10.0. The van der Waals surface area contributed by atoms with Crippen LogP contribution in [0.25, 0.3) is 0 Å². The van der Waals surface area contributed by atoms with Crippen LogP contribution in [0.5, 0.6) is 0 Å². The van der Waals surface area contributed by atoms with Gasteiger partial charge in [-0.25, -0.2) is 0 Å². The van der Waals surface area contributed by atoms with E-state index < -0.39 is 26.5 Å². The standard InChI is InChI=1S/C70H120NO8P/c1-6-8-10-12-14-16-18-20-22-24-26-28-30-32-33-34-35-36-37-39-41-43-45-47-49-51-53-55-57-59-61-63-70(73)79-68(67-78-80(74,75)77-65-64-71(3,4)5)66-76-69(72)62-60-58-56-54-52-50-48-46-44-42-40-38-31-29-27-25-23-21-19-17-15-13-11-9-7-2/h8-11,14-17,20-23,26-29,32-33,35-36,68H,6-7,12-13,18-19,24-25,30-31,34,37-67H2,1-5H3/b10-8-,11-9-,16-14-,17-15-,22-20-,23-21-,28-26-,29-27-,33-32-,36-35-. The lowest BCUT2D eigenvalue weighted by molar-refractivity contribution is -0.870. The molecule has 9 nitrogen and oxygen atoms in total. The van der Waals surface area contributed by atoms with Crippen molar-refractivity contribution in [3.8, 4) is 0 Å². The van der Waals surface area contributed by atoms with Gasteiger partial charge in [-0.3, -0.25) is 14.2 Å². The maximum absolute atomic E-state index is 12.8. The Balaban J connectivity index is 4.12. The predicted molar refractivity (Wildman–Crippen MR) is 341 cm³/mol. The third-order valence-corrected chi connectivity index (χ3v) is 14.4. The number of unbranched alkanes of at least 4 members (excludes halogenated alkanes) is 24. The summed E-state index contributed by atoms with van der Waals surface area (Å²) in [5.74, 6) is -0.839. The average Bonchev–Trinajstić information content (AvgIpc) is 3.42. The first-order valence-corrected chi connectivity index (χ1v) is 33.7. The monoisotopic (exact) mass is 1130 g/mol. The van der Waals surface area contributed by atoms with Gasteiger partial charge in [0.15, 0.2) is 6.10 Å². The van der Waals surface area contributed by atoms with E-state index in [9.17, 15) is 19.0 Å². The molecule has 0 radical (unpaired) electrons. The first kappa shape index (κ1) is 76.4. The van der Waals surface area contributed by atoms with E-state index in [-0.39, 0.29) is 32.0 Å². The van der Waals surface area contributed by atoms with Gasteiger partial charge in [0.25, 0.3) is 7.82 Å². The van der Waals surface area contributed by atoms with Crippen LogP contribution in [0.15, 0.2) is 122 Å². The molecule has 0 bridgehead atoms. The van der Waals surface area contributed by atoms with E-state index in [0.29, 0.717) is 17.4 Å². The molecular formula is C70H120NO8P. The predicted octanol–water partition coefficient (Wildman–Crippen LogP) is 20.1. The molecule has 0 aromatic carbocycles. The highest BCUT2D eigenvalue weighted by Gasteiger charge is 2.22. The van der Waals surface area contributed by atoms with Crippen molar-refractivity contribution in [1.82, 2.24) is 0 Å². The molecule has 0 N–H and O–H groups in total. The van der Waals surface area contributed by atoms with Crippen LogP contribution in [0.2, 0.25) is 0 Å². The quantitative estimate of drug-likeness (QED) is 0.0195. The van der Waals surface area contributed by atoms with Gasteiger partial charge in [-0.15, -0.1) is 0 Å². The summed E-state index contributed by atoms with van der Waals surface area (Å²) in [7, 11) is 1.15. The van der Waals surface area contributed by atoms with Gasteiger partial charge in [-0.05, 0) is 103 Å². The van der Waals surface area contributed by atoms with Crippen molar-refractivity contribution < 1.29 is 42.1 Å². The molecule has 0 fully saturated rings. The van der Waals surface area contributed by atoms with Crippen LogP contribution in [0, 0.1) is 0 Å². The van der Waals surface area contributed by atoms with Gasteiger partial charge >= 0.3 is 11.9 Å². The van der Waals surface area contributed by atoms with Crippen LogP contribution < -0.4 is 4.89 Å². The SMILES string of the molecule is CC/C=C\C/C=C\C/C=C\C/C=C\C/C=C\C/C=C\CCCCCCCCCCCCCCC(=O)OC(COC(=O)CCCCCCCCCCCCCC/C=C\C/C=C\C/C=C\C/C=C\CC)COP(=O)([O-])OCC[N+](C)(C)C. The summed E-state index contributed by atoms with van der Waals surface area (Å²) in [4.78, 5) is 38.0. The number of likely N-dealkylation sites (N-methyl/N-ethyl adjacent to an activating group) is 1. The van der Waals surface area contributed by atoms with E-state index in [0.717, 1.165) is 103 Å². The van der Waals surface area contributed by atoms with Crippen molar-refractivity contribution in [2.45, 2.75) is 264 Å². The second-order valence-corrected chi connectivity index (χ2v) is 23.8. The first-order valence-electron chi connectivity index (χ1n) is 32.2. The second kappa shape index (κ2) is 60.0. The average molecular weight is 1130 g/mol. The van der Waals surface area contributed by atoms with E-state index in [1.165, 1.54) is 122 Å². The molecule has 458 valence electrons. The molecule has 0 rings (SSSR count).